The number of amides is 4. The number of halogens is 1. The van der Waals surface area contributed by atoms with Gasteiger partial charge in [0.2, 0.25) is 27.7 Å². The van der Waals surface area contributed by atoms with Gasteiger partial charge in [-0.3, -0.25) is 34.1 Å². The van der Waals surface area contributed by atoms with Crippen LogP contribution in [0.4, 0.5) is 5.69 Å². The van der Waals surface area contributed by atoms with Gasteiger partial charge in [0.05, 0.1) is 30.1 Å². The molecule has 328 valence electrons. The van der Waals surface area contributed by atoms with Gasteiger partial charge in [0.25, 0.3) is 11.8 Å². The zero-order chi connectivity index (χ0) is 44.8. The average molecular weight is 885 g/mol. The minimum absolute atomic E-state index is 0.0141. The Labute approximate surface area is 367 Å². The Balaban J connectivity index is 1.14. The molecule has 0 bridgehead atoms. The van der Waals surface area contributed by atoms with Crippen molar-refractivity contribution in [2.45, 2.75) is 94.8 Å². The second-order valence-electron chi connectivity index (χ2n) is 17.9. The summed E-state index contributed by atoms with van der Waals surface area (Å²) in [7, 11) is -2.42. The second kappa shape index (κ2) is 17.0. The fourth-order valence-corrected chi connectivity index (χ4v) is 9.79. The summed E-state index contributed by atoms with van der Waals surface area (Å²) in [5.41, 5.74) is -1.09. The summed E-state index contributed by atoms with van der Waals surface area (Å²) in [5.74, 6) is -2.19. The van der Waals surface area contributed by atoms with E-state index in [0.717, 1.165) is 5.56 Å². The summed E-state index contributed by atoms with van der Waals surface area (Å²) in [6.07, 6.45) is 3.48. The second-order valence-corrected chi connectivity index (χ2v) is 20.3. The Morgan fingerprint density at radius 2 is 1.71 bits per heavy atom. The maximum Gasteiger partial charge on any atom is 0.254 e. The van der Waals surface area contributed by atoms with Crippen molar-refractivity contribution >= 4 is 61.7 Å². The Morgan fingerprint density at radius 3 is 2.35 bits per heavy atom. The number of nitrogens with one attached hydrogen (secondary N) is 4. The van der Waals surface area contributed by atoms with E-state index in [2.05, 4.69) is 32.2 Å². The van der Waals surface area contributed by atoms with Crippen molar-refractivity contribution in [3.05, 3.63) is 108 Å². The van der Waals surface area contributed by atoms with E-state index in [0.29, 0.717) is 45.6 Å². The molecule has 14 nitrogen and oxygen atoms in total. The standard InChI is InChI=1S/C46H53ClN6O8S/c1-8-28-24-46(28,43(57)52-62(58,59)33-18-19-33)53-26-32(61-42-35-22-30(47)17-20-34(35)37(60-7)25-48-42)23-36(53)40(55)50-41(56)38(44(2,3)4)49-31-16-12-13-27(21-31)39(54)51-45(5,6)29-14-10-9-11-15-29/h8-17,20-22,25,28,32-33,36,38,49H,1,18-19,23-24,26H2,2-7H3,(H,51,54)(H,52,57)(H,50,55,56)/t28-,32-,36+,38-,46-/m1/s1. The first-order valence-corrected chi connectivity index (χ1v) is 22.5. The molecule has 4 amide bonds. The molecule has 0 spiro atoms. The third-order valence-corrected chi connectivity index (χ3v) is 14.0. The van der Waals surface area contributed by atoms with Gasteiger partial charge in [0.1, 0.15) is 23.4 Å². The number of fused-ring (bicyclic) bond motifs is 1. The quantitative estimate of drug-likeness (QED) is 0.101. The van der Waals surface area contributed by atoms with Crippen molar-refractivity contribution < 1.29 is 37.1 Å². The van der Waals surface area contributed by atoms with Gasteiger partial charge in [0.15, 0.2) is 0 Å². The van der Waals surface area contributed by atoms with Crippen LogP contribution in [0.5, 0.6) is 11.6 Å². The normalized spacial score (nSPS) is 22.0. The summed E-state index contributed by atoms with van der Waals surface area (Å²) in [6.45, 7) is 13.3. The molecule has 3 fully saturated rings. The summed E-state index contributed by atoms with van der Waals surface area (Å²) in [6, 6.07) is 19.5. The molecule has 7 rings (SSSR count). The number of sulfonamides is 1. The van der Waals surface area contributed by atoms with E-state index in [1.807, 2.05) is 65.0 Å². The summed E-state index contributed by atoms with van der Waals surface area (Å²) in [5, 5.41) is 9.97. The van der Waals surface area contributed by atoms with Crippen LogP contribution in [-0.2, 0) is 29.9 Å². The van der Waals surface area contributed by atoms with Gasteiger partial charge in [-0.25, -0.2) is 13.4 Å². The van der Waals surface area contributed by atoms with Crippen molar-refractivity contribution in [1.29, 1.82) is 0 Å². The highest BCUT2D eigenvalue weighted by molar-refractivity contribution is 7.91. The third kappa shape index (κ3) is 9.16. The summed E-state index contributed by atoms with van der Waals surface area (Å²) in [4.78, 5) is 62.6. The third-order valence-electron chi connectivity index (χ3n) is 11.9. The number of hydrogen-bond acceptors (Lipinski definition) is 11. The first kappa shape index (κ1) is 44.5. The van der Waals surface area contributed by atoms with E-state index in [-0.39, 0.29) is 31.2 Å². The number of nitrogens with zero attached hydrogens (tertiary/aromatic N) is 2. The molecule has 2 heterocycles. The largest absolute Gasteiger partial charge is 0.494 e. The number of carbonyl (C=O) groups is 4. The lowest BCUT2D eigenvalue weighted by Crippen LogP contribution is -2.59. The molecule has 0 radical (unpaired) electrons. The van der Waals surface area contributed by atoms with E-state index in [1.165, 1.54) is 13.3 Å². The Kier molecular flexibility index (Phi) is 12.2. The lowest BCUT2D eigenvalue weighted by Gasteiger charge is -2.34. The molecule has 1 aromatic heterocycles. The first-order valence-electron chi connectivity index (χ1n) is 20.6. The number of carbonyl (C=O) groups excluding carboxylic acids is 4. The average Bonchev–Trinajstić information content (AvgIpc) is 4.16. The number of ether oxygens (including phenoxy) is 2. The van der Waals surface area contributed by atoms with E-state index in [1.54, 1.807) is 53.4 Å². The molecular weight excluding hydrogens is 832 g/mol. The molecule has 3 aliphatic rings. The highest BCUT2D eigenvalue weighted by atomic mass is 35.5. The number of methoxy groups -OCH3 is 1. The predicted octanol–water partition coefficient (Wildman–Crippen LogP) is 6.11. The fraction of sp³-hybridized carbons (Fsp3) is 0.413. The lowest BCUT2D eigenvalue weighted by atomic mass is 9.85. The van der Waals surface area contributed by atoms with Gasteiger partial charge < -0.3 is 20.1 Å². The van der Waals surface area contributed by atoms with Crippen molar-refractivity contribution in [2.24, 2.45) is 11.3 Å². The molecule has 16 heteroatoms. The van der Waals surface area contributed by atoms with E-state index < -0.39 is 73.6 Å². The van der Waals surface area contributed by atoms with Crippen LogP contribution in [0.2, 0.25) is 5.02 Å². The SMILES string of the molecule is C=C[C@@H]1C[C@@]1(C(=O)NS(=O)(=O)C1CC1)N1C[C@H](Oc2ncc(OC)c3ccc(Cl)cc23)C[C@H]1C(=O)NC(=O)[C@@H](Nc1cccc(C(=O)NC(C)(C)c2ccccc2)c1)C(C)(C)C. The maximum absolute atomic E-state index is 14.5. The number of likely N-dealkylation sites (tertiary alicyclic amines) is 1. The Morgan fingerprint density at radius 1 is 0.984 bits per heavy atom. The number of hydrogen-bond donors (Lipinski definition) is 4. The van der Waals surface area contributed by atoms with Gasteiger partial charge in [-0.05, 0) is 80.5 Å². The molecule has 3 aromatic carbocycles. The van der Waals surface area contributed by atoms with Gasteiger partial charge in [-0.2, -0.15) is 0 Å². The Bertz CT molecular complexity index is 2530. The first-order chi connectivity index (χ1) is 29.3. The molecule has 5 atom stereocenters. The van der Waals surface area contributed by atoms with E-state index in [9.17, 15) is 27.6 Å². The molecule has 0 unspecified atom stereocenters. The monoisotopic (exact) mass is 884 g/mol. The van der Waals surface area contributed by atoms with E-state index in [4.69, 9.17) is 21.1 Å². The maximum atomic E-state index is 14.5. The highest BCUT2D eigenvalue weighted by Crippen LogP contribution is 2.53. The van der Waals surface area contributed by atoms with Crippen molar-refractivity contribution in [3.63, 3.8) is 0 Å². The molecule has 4 N–H and O–H groups in total. The molecule has 4 aromatic rings. The molecule has 1 saturated heterocycles. The highest BCUT2D eigenvalue weighted by Gasteiger charge is 2.67. The lowest BCUT2D eigenvalue weighted by molar-refractivity contribution is -0.136. The fourth-order valence-electron chi connectivity index (χ4n) is 8.26. The molecule has 2 saturated carbocycles. The van der Waals surface area contributed by atoms with E-state index >= 15 is 0 Å². The van der Waals surface area contributed by atoms with Crippen molar-refractivity contribution in [2.75, 3.05) is 19.0 Å². The minimum Gasteiger partial charge on any atom is -0.494 e. The van der Waals surface area contributed by atoms with Gasteiger partial charge >= 0.3 is 0 Å². The number of benzene rings is 3. The zero-order valence-corrected chi connectivity index (χ0v) is 37.2. The zero-order valence-electron chi connectivity index (χ0n) is 35.7. The van der Waals surface area contributed by atoms with Gasteiger partial charge in [0, 0.05) is 45.9 Å². The van der Waals surface area contributed by atoms with Gasteiger partial charge in [-0.15, -0.1) is 6.58 Å². The smallest absolute Gasteiger partial charge is 0.254 e. The number of rotatable bonds is 15. The van der Waals surface area contributed by atoms with Crippen molar-refractivity contribution in [3.8, 4) is 11.6 Å². The van der Waals surface area contributed by atoms with Crippen LogP contribution in [0.25, 0.3) is 10.8 Å². The summed E-state index contributed by atoms with van der Waals surface area (Å²) >= 11 is 6.38. The van der Waals surface area contributed by atoms with Crippen LogP contribution >= 0.6 is 11.6 Å². The van der Waals surface area contributed by atoms with Crippen LogP contribution in [0.15, 0.2) is 91.6 Å². The number of aromatic nitrogens is 1. The van der Waals surface area contributed by atoms with Gasteiger partial charge in [-0.1, -0.05) is 74.8 Å². The van der Waals surface area contributed by atoms with Crippen molar-refractivity contribution in [1.82, 2.24) is 25.2 Å². The molecule has 62 heavy (non-hydrogen) atoms. The topological polar surface area (TPSA) is 185 Å². The molecule has 2 aliphatic carbocycles. The number of imide groups is 1. The predicted molar refractivity (Wildman–Crippen MR) is 237 cm³/mol. The Hall–Kier alpha value is -5.51. The number of pyridine rings is 1. The van der Waals surface area contributed by atoms with Crippen LogP contribution < -0.4 is 30.1 Å². The van der Waals surface area contributed by atoms with Crippen LogP contribution in [-0.4, -0.2) is 84.6 Å². The van der Waals surface area contributed by atoms with Crippen LogP contribution in [0, 0.1) is 11.3 Å². The number of anilines is 1. The molecular formula is C46H53ClN6O8S. The van der Waals surface area contributed by atoms with Crippen LogP contribution in [0.1, 0.15) is 76.2 Å². The van der Waals surface area contributed by atoms with Crippen LogP contribution in [0.3, 0.4) is 0 Å². The minimum atomic E-state index is -3.95. The summed E-state index contributed by atoms with van der Waals surface area (Å²) < 4.78 is 40.4. The molecule has 1 aliphatic heterocycles.